The van der Waals surface area contributed by atoms with Crippen LogP contribution in [0.2, 0.25) is 0 Å². The van der Waals surface area contributed by atoms with Gasteiger partial charge in [0.1, 0.15) is 6.33 Å². The maximum absolute atomic E-state index is 11.3. The molecule has 0 saturated carbocycles. The quantitative estimate of drug-likeness (QED) is 0.661. The highest BCUT2D eigenvalue weighted by molar-refractivity contribution is 5.84. The second kappa shape index (κ2) is 3.93. The van der Waals surface area contributed by atoms with Gasteiger partial charge in [-0.25, -0.2) is 14.8 Å². The Bertz CT molecular complexity index is 573. The predicted octanol–water partition coefficient (Wildman–Crippen LogP) is -0.863. The SMILES string of the molecule is COC(=O)c1ncn(-c2ncc[nH]c2=O)n1. The summed E-state index contributed by atoms with van der Waals surface area (Å²) in [6, 6.07) is 0. The molecular formula is C8H7N5O3. The van der Waals surface area contributed by atoms with Gasteiger partial charge in [0.15, 0.2) is 0 Å². The van der Waals surface area contributed by atoms with E-state index >= 15 is 0 Å². The molecule has 0 saturated heterocycles. The first-order valence-electron chi connectivity index (χ1n) is 4.26. The summed E-state index contributed by atoms with van der Waals surface area (Å²) in [6.07, 6.45) is 4.00. The Labute approximate surface area is 88.9 Å². The molecule has 0 aliphatic rings. The standard InChI is InChI=1S/C8H7N5O3/c1-16-8(15)5-11-4-13(12-5)6-7(14)10-3-2-9-6/h2-4H,1H3,(H,10,14). The Morgan fingerprint density at radius 1 is 1.50 bits per heavy atom. The molecule has 0 fully saturated rings. The van der Waals surface area contributed by atoms with E-state index in [-0.39, 0.29) is 11.6 Å². The van der Waals surface area contributed by atoms with Gasteiger partial charge < -0.3 is 9.72 Å². The number of hydrogen-bond donors (Lipinski definition) is 1. The number of hydrogen-bond acceptors (Lipinski definition) is 6. The molecule has 82 valence electrons. The monoisotopic (exact) mass is 221 g/mol. The molecule has 0 aliphatic carbocycles. The molecule has 2 aromatic heterocycles. The minimum atomic E-state index is -0.675. The van der Waals surface area contributed by atoms with Gasteiger partial charge in [0.05, 0.1) is 7.11 Å². The predicted molar refractivity (Wildman–Crippen MR) is 51.1 cm³/mol. The van der Waals surface area contributed by atoms with Gasteiger partial charge in [-0.3, -0.25) is 4.79 Å². The van der Waals surface area contributed by atoms with Crippen LogP contribution in [-0.4, -0.2) is 37.8 Å². The Hall–Kier alpha value is -2.51. The molecule has 0 aromatic carbocycles. The van der Waals surface area contributed by atoms with Crippen molar-refractivity contribution < 1.29 is 9.53 Å². The van der Waals surface area contributed by atoms with E-state index in [9.17, 15) is 9.59 Å². The number of nitrogens with one attached hydrogen (secondary N) is 1. The summed E-state index contributed by atoms with van der Waals surface area (Å²) in [4.78, 5) is 32.4. The third-order valence-electron chi connectivity index (χ3n) is 1.77. The molecule has 1 N–H and O–H groups in total. The first-order chi connectivity index (χ1) is 7.72. The Kier molecular flexibility index (Phi) is 2.46. The number of nitrogens with zero attached hydrogens (tertiary/aromatic N) is 4. The molecule has 8 heteroatoms. The van der Waals surface area contributed by atoms with Crippen molar-refractivity contribution in [3.05, 3.63) is 34.9 Å². The van der Waals surface area contributed by atoms with Crippen LogP contribution in [0, 0.1) is 0 Å². The van der Waals surface area contributed by atoms with Crippen LogP contribution in [-0.2, 0) is 4.74 Å². The molecule has 8 nitrogen and oxygen atoms in total. The summed E-state index contributed by atoms with van der Waals surface area (Å²) in [7, 11) is 1.22. The van der Waals surface area contributed by atoms with E-state index < -0.39 is 11.5 Å². The van der Waals surface area contributed by atoms with Crippen LogP contribution in [0.1, 0.15) is 10.6 Å². The zero-order valence-electron chi connectivity index (χ0n) is 8.25. The lowest BCUT2D eigenvalue weighted by Crippen LogP contribution is -2.16. The molecule has 0 bridgehead atoms. The van der Waals surface area contributed by atoms with Crippen LogP contribution >= 0.6 is 0 Å². The second-order valence-corrected chi connectivity index (χ2v) is 2.75. The molecule has 2 rings (SSSR count). The lowest BCUT2D eigenvalue weighted by molar-refractivity contribution is 0.0587. The number of carbonyl (C=O) groups excluding carboxylic acids is 1. The fourth-order valence-corrected chi connectivity index (χ4v) is 1.06. The zero-order chi connectivity index (χ0) is 11.5. The van der Waals surface area contributed by atoms with Crippen LogP contribution in [0.15, 0.2) is 23.5 Å². The van der Waals surface area contributed by atoms with E-state index in [1.807, 2.05) is 0 Å². The van der Waals surface area contributed by atoms with Gasteiger partial charge >= 0.3 is 5.97 Å². The van der Waals surface area contributed by atoms with Crippen LogP contribution in [0.4, 0.5) is 0 Å². The van der Waals surface area contributed by atoms with Gasteiger partial charge in [0.25, 0.3) is 11.4 Å². The van der Waals surface area contributed by atoms with E-state index in [0.717, 1.165) is 4.68 Å². The average Bonchev–Trinajstić information content (AvgIpc) is 2.78. The van der Waals surface area contributed by atoms with Crippen molar-refractivity contribution in [3.63, 3.8) is 0 Å². The number of methoxy groups -OCH3 is 1. The molecule has 0 unspecified atom stereocenters. The largest absolute Gasteiger partial charge is 0.463 e. The van der Waals surface area contributed by atoms with E-state index in [1.54, 1.807) is 0 Å². The van der Waals surface area contributed by atoms with Crippen LogP contribution < -0.4 is 5.56 Å². The van der Waals surface area contributed by atoms with Gasteiger partial charge in [0.2, 0.25) is 5.82 Å². The topological polar surface area (TPSA) is 103 Å². The number of carbonyl (C=O) groups is 1. The van der Waals surface area contributed by atoms with Gasteiger partial charge in [-0.15, -0.1) is 5.10 Å². The first kappa shape index (κ1) is 10.0. The number of rotatable bonds is 2. The fourth-order valence-electron chi connectivity index (χ4n) is 1.06. The van der Waals surface area contributed by atoms with E-state index in [4.69, 9.17) is 0 Å². The fraction of sp³-hybridized carbons (Fsp3) is 0.125. The highest BCUT2D eigenvalue weighted by atomic mass is 16.5. The number of ether oxygens (including phenoxy) is 1. The average molecular weight is 221 g/mol. The third kappa shape index (κ3) is 1.67. The second-order valence-electron chi connectivity index (χ2n) is 2.75. The lowest BCUT2D eigenvalue weighted by atomic mass is 10.6. The minimum Gasteiger partial charge on any atom is -0.463 e. The normalized spacial score (nSPS) is 10.1. The third-order valence-corrected chi connectivity index (χ3v) is 1.77. The van der Waals surface area contributed by atoms with Crippen LogP contribution in [0.3, 0.4) is 0 Å². The molecule has 0 aliphatic heterocycles. The zero-order valence-corrected chi connectivity index (χ0v) is 8.25. The Morgan fingerprint density at radius 3 is 3.00 bits per heavy atom. The number of aromatic amines is 1. The van der Waals surface area contributed by atoms with E-state index in [0.29, 0.717) is 0 Å². The van der Waals surface area contributed by atoms with Crippen LogP contribution in [0.25, 0.3) is 5.82 Å². The van der Waals surface area contributed by atoms with Gasteiger partial charge in [-0.2, -0.15) is 4.68 Å². The minimum absolute atomic E-state index is 0.0325. The summed E-state index contributed by atoms with van der Waals surface area (Å²) >= 11 is 0. The summed E-state index contributed by atoms with van der Waals surface area (Å²) in [5.41, 5.74) is -0.427. The summed E-state index contributed by atoms with van der Waals surface area (Å²) in [6.45, 7) is 0. The molecular weight excluding hydrogens is 214 g/mol. The highest BCUT2D eigenvalue weighted by Gasteiger charge is 2.13. The number of H-pyrrole nitrogens is 1. The molecule has 0 spiro atoms. The van der Waals surface area contributed by atoms with E-state index in [2.05, 4.69) is 24.8 Å². The smallest absolute Gasteiger partial charge is 0.377 e. The highest BCUT2D eigenvalue weighted by Crippen LogP contribution is 1.96. The lowest BCUT2D eigenvalue weighted by Gasteiger charge is -1.95. The van der Waals surface area contributed by atoms with E-state index in [1.165, 1.54) is 25.8 Å². The molecule has 0 amide bonds. The van der Waals surface area contributed by atoms with Crippen molar-refractivity contribution in [2.75, 3.05) is 7.11 Å². The molecule has 16 heavy (non-hydrogen) atoms. The van der Waals surface area contributed by atoms with Crippen molar-refractivity contribution in [1.29, 1.82) is 0 Å². The summed E-state index contributed by atoms with van der Waals surface area (Å²) in [5.74, 6) is -0.774. The van der Waals surface area contributed by atoms with Gasteiger partial charge in [-0.05, 0) is 0 Å². The van der Waals surface area contributed by atoms with Gasteiger partial charge in [0, 0.05) is 12.4 Å². The molecule has 0 radical (unpaired) electrons. The van der Waals surface area contributed by atoms with Gasteiger partial charge in [-0.1, -0.05) is 0 Å². The number of aromatic nitrogens is 5. The molecule has 0 atom stereocenters. The van der Waals surface area contributed by atoms with Crippen molar-refractivity contribution >= 4 is 5.97 Å². The van der Waals surface area contributed by atoms with Crippen molar-refractivity contribution in [3.8, 4) is 5.82 Å². The maximum Gasteiger partial charge on any atom is 0.377 e. The Morgan fingerprint density at radius 2 is 2.31 bits per heavy atom. The molecule has 2 aromatic rings. The number of esters is 1. The van der Waals surface area contributed by atoms with Crippen LogP contribution in [0.5, 0.6) is 0 Å². The molecule has 2 heterocycles. The summed E-state index contributed by atoms with van der Waals surface area (Å²) < 4.78 is 5.53. The van der Waals surface area contributed by atoms with Crippen molar-refractivity contribution in [1.82, 2.24) is 24.7 Å². The Balaban J connectivity index is 2.43. The van der Waals surface area contributed by atoms with Crippen molar-refractivity contribution in [2.45, 2.75) is 0 Å². The first-order valence-corrected chi connectivity index (χ1v) is 4.26. The van der Waals surface area contributed by atoms with Crippen molar-refractivity contribution in [2.24, 2.45) is 0 Å². The maximum atomic E-state index is 11.3. The summed E-state index contributed by atoms with van der Waals surface area (Å²) in [5, 5.41) is 3.76.